The number of carbonyl (C=O) groups is 2. The first-order valence-electron chi connectivity index (χ1n) is 5.96. The molecular formula is C12H18N2O2. The first kappa shape index (κ1) is 11.2. The second-order valence-corrected chi connectivity index (χ2v) is 4.47. The molecule has 16 heavy (non-hydrogen) atoms. The van der Waals surface area contributed by atoms with Crippen molar-refractivity contribution in [2.75, 3.05) is 6.54 Å². The average molecular weight is 222 g/mol. The summed E-state index contributed by atoms with van der Waals surface area (Å²) in [6.45, 7) is 2.51. The molecule has 2 amide bonds. The van der Waals surface area contributed by atoms with Crippen LogP contribution in [0, 0.1) is 0 Å². The molecule has 4 heteroatoms. The lowest BCUT2D eigenvalue weighted by molar-refractivity contribution is -0.135. The molecule has 1 saturated heterocycles. The zero-order chi connectivity index (χ0) is 11.5. The van der Waals surface area contributed by atoms with E-state index in [1.54, 1.807) is 11.0 Å². The van der Waals surface area contributed by atoms with Crippen molar-refractivity contribution in [1.29, 1.82) is 0 Å². The Balaban J connectivity index is 1.96. The zero-order valence-electron chi connectivity index (χ0n) is 9.61. The largest absolute Gasteiger partial charge is 0.352 e. The summed E-state index contributed by atoms with van der Waals surface area (Å²) in [6, 6.07) is 0.121. The molecule has 2 aliphatic rings. The van der Waals surface area contributed by atoms with Crippen molar-refractivity contribution in [1.82, 2.24) is 10.2 Å². The highest BCUT2D eigenvalue weighted by atomic mass is 16.2. The maximum absolute atomic E-state index is 11.9. The highest BCUT2D eigenvalue weighted by molar-refractivity contribution is 5.93. The van der Waals surface area contributed by atoms with Crippen LogP contribution in [0.4, 0.5) is 0 Å². The summed E-state index contributed by atoms with van der Waals surface area (Å²) in [7, 11) is 0. The topological polar surface area (TPSA) is 49.4 Å². The zero-order valence-corrected chi connectivity index (χ0v) is 9.61. The molecule has 2 rings (SSSR count). The van der Waals surface area contributed by atoms with Crippen LogP contribution in [0.1, 0.15) is 32.6 Å². The van der Waals surface area contributed by atoms with Crippen molar-refractivity contribution in [3.8, 4) is 0 Å². The predicted octanol–water partition coefficient (Wildman–Crippen LogP) is 0.832. The quantitative estimate of drug-likeness (QED) is 0.719. The maximum atomic E-state index is 11.9. The fourth-order valence-electron chi connectivity index (χ4n) is 2.07. The van der Waals surface area contributed by atoms with Crippen LogP contribution in [0.2, 0.25) is 0 Å². The minimum Gasteiger partial charge on any atom is -0.352 e. The van der Waals surface area contributed by atoms with Gasteiger partial charge in [0.25, 0.3) is 0 Å². The van der Waals surface area contributed by atoms with E-state index in [9.17, 15) is 9.59 Å². The molecule has 1 heterocycles. The van der Waals surface area contributed by atoms with Crippen LogP contribution in [-0.4, -0.2) is 35.3 Å². The highest BCUT2D eigenvalue weighted by Crippen LogP contribution is 2.22. The monoisotopic (exact) mass is 222 g/mol. The fourth-order valence-corrected chi connectivity index (χ4v) is 2.07. The summed E-state index contributed by atoms with van der Waals surface area (Å²) in [5.41, 5.74) is 0. The number of nitrogens with zero attached hydrogens (tertiary/aromatic N) is 1. The van der Waals surface area contributed by atoms with Crippen molar-refractivity contribution in [3.63, 3.8) is 0 Å². The molecule has 0 aromatic carbocycles. The Morgan fingerprint density at radius 2 is 2.06 bits per heavy atom. The molecule has 1 atom stereocenters. The molecular weight excluding hydrogens is 204 g/mol. The lowest BCUT2D eigenvalue weighted by Crippen LogP contribution is -2.46. The Hall–Kier alpha value is -1.32. The number of nitrogens with one attached hydrogen (secondary N) is 1. The molecule has 88 valence electrons. The van der Waals surface area contributed by atoms with Crippen LogP contribution in [-0.2, 0) is 9.59 Å². The lowest BCUT2D eigenvalue weighted by atomic mass is 10.2. The summed E-state index contributed by atoms with van der Waals surface area (Å²) in [5.74, 6) is -0.0196. The van der Waals surface area contributed by atoms with Gasteiger partial charge < -0.3 is 10.2 Å². The number of rotatable bonds is 3. The normalized spacial score (nSPS) is 25.1. The van der Waals surface area contributed by atoms with Gasteiger partial charge in [-0.05, 0) is 38.7 Å². The van der Waals surface area contributed by atoms with Gasteiger partial charge in [-0.1, -0.05) is 6.08 Å². The second kappa shape index (κ2) is 4.68. The van der Waals surface area contributed by atoms with Crippen molar-refractivity contribution >= 4 is 11.8 Å². The molecule has 2 fully saturated rings. The summed E-state index contributed by atoms with van der Waals surface area (Å²) < 4.78 is 0. The molecule has 1 aliphatic heterocycles. The lowest BCUT2D eigenvalue weighted by Gasteiger charge is -2.22. The van der Waals surface area contributed by atoms with Gasteiger partial charge in [0, 0.05) is 12.6 Å². The van der Waals surface area contributed by atoms with Gasteiger partial charge in [0.15, 0.2) is 0 Å². The molecule has 4 nitrogen and oxygen atoms in total. The minimum atomic E-state index is -0.246. The van der Waals surface area contributed by atoms with Crippen LogP contribution in [0.3, 0.4) is 0 Å². The van der Waals surface area contributed by atoms with Gasteiger partial charge in [0.05, 0.1) is 0 Å². The third kappa shape index (κ3) is 2.43. The van der Waals surface area contributed by atoms with Gasteiger partial charge in [0.2, 0.25) is 11.8 Å². The number of carbonyl (C=O) groups excluding carboxylic acids is 2. The summed E-state index contributed by atoms with van der Waals surface area (Å²) in [5, 5.41) is 2.97. The third-order valence-corrected chi connectivity index (χ3v) is 3.07. The standard InChI is InChI=1S/C12H18N2O2/c1-2-4-11(15)14-8-3-5-10(14)12(16)13-9-6-7-9/h2,4,9-10H,3,5-8H2,1H3,(H,13,16). The third-order valence-electron chi connectivity index (χ3n) is 3.07. The van der Waals surface area contributed by atoms with Crippen molar-refractivity contribution < 1.29 is 9.59 Å². The van der Waals surface area contributed by atoms with E-state index in [2.05, 4.69) is 5.32 Å². The van der Waals surface area contributed by atoms with Gasteiger partial charge in [-0.25, -0.2) is 0 Å². The van der Waals surface area contributed by atoms with Gasteiger partial charge in [-0.15, -0.1) is 0 Å². The smallest absolute Gasteiger partial charge is 0.246 e. The Bertz CT molecular complexity index is 321. The Kier molecular flexibility index (Phi) is 3.27. The first-order valence-corrected chi connectivity index (χ1v) is 5.96. The minimum absolute atomic E-state index is 0.0258. The average Bonchev–Trinajstić information content (AvgIpc) is 2.93. The van der Waals surface area contributed by atoms with Crippen LogP contribution >= 0.6 is 0 Å². The van der Waals surface area contributed by atoms with E-state index < -0.39 is 0 Å². The number of hydrogen-bond acceptors (Lipinski definition) is 2. The molecule has 1 N–H and O–H groups in total. The van der Waals surface area contributed by atoms with E-state index in [-0.39, 0.29) is 17.9 Å². The van der Waals surface area contributed by atoms with Gasteiger partial charge >= 0.3 is 0 Å². The van der Waals surface area contributed by atoms with Gasteiger partial charge in [-0.3, -0.25) is 9.59 Å². The number of hydrogen-bond donors (Lipinski definition) is 1. The van der Waals surface area contributed by atoms with Crippen molar-refractivity contribution in [3.05, 3.63) is 12.2 Å². The Morgan fingerprint density at radius 3 is 2.69 bits per heavy atom. The second-order valence-electron chi connectivity index (χ2n) is 4.47. The maximum Gasteiger partial charge on any atom is 0.246 e. The van der Waals surface area contributed by atoms with Gasteiger partial charge in [-0.2, -0.15) is 0 Å². The molecule has 0 aromatic heterocycles. The molecule has 0 aromatic rings. The van der Waals surface area contributed by atoms with Crippen molar-refractivity contribution in [2.24, 2.45) is 0 Å². The van der Waals surface area contributed by atoms with Crippen LogP contribution in [0.25, 0.3) is 0 Å². The Morgan fingerprint density at radius 1 is 1.31 bits per heavy atom. The number of allylic oxidation sites excluding steroid dienone is 1. The van der Waals surface area contributed by atoms with Crippen molar-refractivity contribution in [2.45, 2.75) is 44.7 Å². The highest BCUT2D eigenvalue weighted by Gasteiger charge is 2.35. The van der Waals surface area contributed by atoms with Gasteiger partial charge in [0.1, 0.15) is 6.04 Å². The number of amides is 2. The van der Waals surface area contributed by atoms with E-state index in [1.807, 2.05) is 6.92 Å². The first-order chi connectivity index (χ1) is 7.72. The van der Waals surface area contributed by atoms with E-state index in [0.717, 1.165) is 25.7 Å². The van der Waals surface area contributed by atoms with E-state index in [4.69, 9.17) is 0 Å². The predicted molar refractivity (Wildman–Crippen MR) is 60.7 cm³/mol. The summed E-state index contributed by atoms with van der Waals surface area (Å²) in [6.07, 6.45) is 7.13. The van der Waals surface area contributed by atoms with Crippen LogP contribution in [0.5, 0.6) is 0 Å². The van der Waals surface area contributed by atoms with Crippen LogP contribution in [0.15, 0.2) is 12.2 Å². The Labute approximate surface area is 95.7 Å². The molecule has 0 radical (unpaired) electrons. The molecule has 1 unspecified atom stereocenters. The van der Waals surface area contributed by atoms with Crippen LogP contribution < -0.4 is 5.32 Å². The fraction of sp³-hybridized carbons (Fsp3) is 0.667. The summed E-state index contributed by atoms with van der Waals surface area (Å²) >= 11 is 0. The number of likely N-dealkylation sites (tertiary alicyclic amines) is 1. The SMILES string of the molecule is CC=CC(=O)N1CCCC1C(=O)NC1CC1. The van der Waals surface area contributed by atoms with E-state index >= 15 is 0 Å². The molecule has 0 spiro atoms. The molecule has 1 aliphatic carbocycles. The van der Waals surface area contributed by atoms with E-state index in [1.165, 1.54) is 6.08 Å². The molecule has 0 bridgehead atoms. The molecule has 1 saturated carbocycles. The van der Waals surface area contributed by atoms with E-state index in [0.29, 0.717) is 12.6 Å². The summed E-state index contributed by atoms with van der Waals surface area (Å²) in [4.78, 5) is 25.3.